The topological polar surface area (TPSA) is 52.0 Å². The van der Waals surface area contributed by atoms with E-state index >= 15 is 0 Å². The van der Waals surface area contributed by atoms with Crippen molar-refractivity contribution in [2.24, 2.45) is 23.3 Å². The molecule has 2 nitrogen and oxygen atoms in total. The van der Waals surface area contributed by atoms with E-state index in [9.17, 15) is 0 Å². The summed E-state index contributed by atoms with van der Waals surface area (Å²) in [6.07, 6.45) is 12.3. The van der Waals surface area contributed by atoms with E-state index in [0.29, 0.717) is 0 Å². The van der Waals surface area contributed by atoms with Gasteiger partial charge in [-0.3, -0.25) is 0 Å². The minimum absolute atomic E-state index is 0.868. The van der Waals surface area contributed by atoms with E-state index in [2.05, 4.69) is 0 Å². The smallest absolute Gasteiger partial charge is 0.00773 e. The highest BCUT2D eigenvalue weighted by Crippen LogP contribution is 2.45. The standard InChI is InChI=1S/C13H28N2/c14-9-5-1-3-7-12-11-13(12)8-4-2-6-10-15/h12-13H,1-11,14-15H2. The van der Waals surface area contributed by atoms with Crippen LogP contribution in [0.3, 0.4) is 0 Å². The van der Waals surface area contributed by atoms with E-state index in [4.69, 9.17) is 11.5 Å². The van der Waals surface area contributed by atoms with Gasteiger partial charge >= 0.3 is 0 Å². The first-order valence-electron chi connectivity index (χ1n) is 6.78. The third kappa shape index (κ3) is 6.16. The molecule has 0 bridgehead atoms. The van der Waals surface area contributed by atoms with Gasteiger partial charge in [-0.1, -0.05) is 38.5 Å². The molecule has 0 radical (unpaired) electrons. The molecule has 1 fully saturated rings. The van der Waals surface area contributed by atoms with Crippen LogP contribution in [-0.2, 0) is 0 Å². The van der Waals surface area contributed by atoms with Crippen LogP contribution in [0.4, 0.5) is 0 Å². The van der Waals surface area contributed by atoms with Gasteiger partial charge in [0.05, 0.1) is 0 Å². The van der Waals surface area contributed by atoms with Gasteiger partial charge in [0.2, 0.25) is 0 Å². The van der Waals surface area contributed by atoms with Gasteiger partial charge in [0.15, 0.2) is 0 Å². The van der Waals surface area contributed by atoms with Crippen LogP contribution in [0.15, 0.2) is 0 Å². The largest absolute Gasteiger partial charge is 0.330 e. The van der Waals surface area contributed by atoms with E-state index in [1.54, 1.807) is 0 Å². The molecular weight excluding hydrogens is 184 g/mol. The average molecular weight is 212 g/mol. The van der Waals surface area contributed by atoms with Crippen molar-refractivity contribution in [3.63, 3.8) is 0 Å². The van der Waals surface area contributed by atoms with E-state index < -0.39 is 0 Å². The van der Waals surface area contributed by atoms with Crippen molar-refractivity contribution in [2.75, 3.05) is 13.1 Å². The summed E-state index contributed by atoms with van der Waals surface area (Å²) in [6, 6.07) is 0. The molecule has 2 atom stereocenters. The summed E-state index contributed by atoms with van der Waals surface area (Å²) >= 11 is 0. The van der Waals surface area contributed by atoms with Crippen LogP contribution in [0.1, 0.15) is 57.8 Å². The lowest BCUT2D eigenvalue weighted by Gasteiger charge is -2.00. The number of hydrogen-bond donors (Lipinski definition) is 2. The van der Waals surface area contributed by atoms with E-state index in [1.807, 2.05) is 0 Å². The molecule has 15 heavy (non-hydrogen) atoms. The maximum Gasteiger partial charge on any atom is -0.00773 e. The van der Waals surface area contributed by atoms with Gasteiger partial charge in [0, 0.05) is 0 Å². The fraction of sp³-hybridized carbons (Fsp3) is 1.00. The average Bonchev–Trinajstić information content (AvgIpc) is 2.99. The summed E-state index contributed by atoms with van der Waals surface area (Å²) in [5, 5.41) is 0. The van der Waals surface area contributed by atoms with Gasteiger partial charge in [-0.15, -0.1) is 0 Å². The summed E-state index contributed by atoms with van der Waals surface area (Å²) in [4.78, 5) is 0. The quantitative estimate of drug-likeness (QED) is 0.547. The van der Waals surface area contributed by atoms with Crippen molar-refractivity contribution >= 4 is 0 Å². The Morgan fingerprint density at radius 2 is 1.13 bits per heavy atom. The summed E-state index contributed by atoms with van der Waals surface area (Å²) in [5.41, 5.74) is 10.9. The first kappa shape index (κ1) is 13.0. The maximum absolute atomic E-state index is 5.47. The Kier molecular flexibility index (Phi) is 7.03. The molecule has 4 N–H and O–H groups in total. The second kappa shape index (κ2) is 8.12. The molecule has 0 heterocycles. The third-order valence-corrected chi connectivity index (χ3v) is 3.63. The van der Waals surface area contributed by atoms with Gasteiger partial charge in [0.1, 0.15) is 0 Å². The molecule has 0 aromatic rings. The normalized spacial score (nSPS) is 24.4. The third-order valence-electron chi connectivity index (χ3n) is 3.63. The Hall–Kier alpha value is -0.0800. The van der Waals surface area contributed by atoms with Crippen LogP contribution in [0.25, 0.3) is 0 Å². The molecule has 2 heteroatoms. The molecule has 0 spiro atoms. The van der Waals surface area contributed by atoms with Crippen molar-refractivity contribution in [1.29, 1.82) is 0 Å². The number of nitrogens with two attached hydrogens (primary N) is 2. The Morgan fingerprint density at radius 1 is 0.667 bits per heavy atom. The van der Waals surface area contributed by atoms with Crippen molar-refractivity contribution in [3.05, 3.63) is 0 Å². The zero-order valence-corrected chi connectivity index (χ0v) is 10.1. The summed E-state index contributed by atoms with van der Waals surface area (Å²) in [6.45, 7) is 1.74. The predicted octanol–water partition coefficient (Wildman–Crippen LogP) is 2.66. The molecule has 2 unspecified atom stereocenters. The first-order chi connectivity index (χ1) is 7.38. The molecule has 0 aromatic carbocycles. The van der Waals surface area contributed by atoms with Crippen molar-refractivity contribution in [2.45, 2.75) is 57.8 Å². The van der Waals surface area contributed by atoms with Crippen molar-refractivity contribution in [1.82, 2.24) is 0 Å². The molecule has 1 aliphatic carbocycles. The molecule has 0 saturated heterocycles. The molecule has 1 rings (SSSR count). The SMILES string of the molecule is NCCCCCC1CC1CCCCCN. The lowest BCUT2D eigenvalue weighted by molar-refractivity contribution is 0.533. The Morgan fingerprint density at radius 3 is 1.53 bits per heavy atom. The van der Waals surface area contributed by atoms with Crippen LogP contribution in [0, 0.1) is 11.8 Å². The molecule has 1 saturated carbocycles. The van der Waals surface area contributed by atoms with Crippen molar-refractivity contribution < 1.29 is 0 Å². The zero-order valence-electron chi connectivity index (χ0n) is 10.1. The molecule has 0 aliphatic heterocycles. The Balaban J connectivity index is 1.81. The molecule has 1 aliphatic rings. The van der Waals surface area contributed by atoms with Crippen LogP contribution in [0.2, 0.25) is 0 Å². The highest BCUT2D eigenvalue weighted by Gasteiger charge is 2.34. The van der Waals surface area contributed by atoms with Gasteiger partial charge < -0.3 is 11.5 Å². The highest BCUT2D eigenvalue weighted by molar-refractivity contribution is 4.85. The zero-order chi connectivity index (χ0) is 10.9. The summed E-state index contributed by atoms with van der Waals surface area (Å²) in [5.74, 6) is 2.14. The van der Waals surface area contributed by atoms with Crippen molar-refractivity contribution in [3.8, 4) is 0 Å². The van der Waals surface area contributed by atoms with Gasteiger partial charge in [-0.05, 0) is 44.2 Å². The highest BCUT2D eigenvalue weighted by atomic mass is 14.5. The van der Waals surface area contributed by atoms with Gasteiger partial charge in [0.25, 0.3) is 0 Å². The minimum Gasteiger partial charge on any atom is -0.330 e. The summed E-state index contributed by atoms with van der Waals surface area (Å²) in [7, 11) is 0. The van der Waals surface area contributed by atoms with Crippen LogP contribution in [0.5, 0.6) is 0 Å². The Bertz CT molecular complexity index is 131. The molecule has 90 valence electrons. The van der Waals surface area contributed by atoms with Gasteiger partial charge in [-0.25, -0.2) is 0 Å². The summed E-state index contributed by atoms with van der Waals surface area (Å²) < 4.78 is 0. The lowest BCUT2D eigenvalue weighted by atomic mass is 10.1. The van der Waals surface area contributed by atoms with Gasteiger partial charge in [-0.2, -0.15) is 0 Å². The minimum atomic E-state index is 0.868. The fourth-order valence-corrected chi connectivity index (χ4v) is 2.47. The Labute approximate surface area is 94.8 Å². The lowest BCUT2D eigenvalue weighted by Crippen LogP contribution is -1.98. The second-order valence-electron chi connectivity index (χ2n) is 5.03. The number of rotatable bonds is 10. The number of hydrogen-bond acceptors (Lipinski definition) is 2. The van der Waals surface area contributed by atoms with E-state index in [0.717, 1.165) is 24.9 Å². The maximum atomic E-state index is 5.47. The molecule has 0 amide bonds. The van der Waals surface area contributed by atoms with Crippen LogP contribution >= 0.6 is 0 Å². The predicted molar refractivity (Wildman–Crippen MR) is 66.6 cm³/mol. The van der Waals surface area contributed by atoms with E-state index in [1.165, 1.54) is 57.8 Å². The first-order valence-corrected chi connectivity index (χ1v) is 6.78. The van der Waals surface area contributed by atoms with Crippen LogP contribution in [-0.4, -0.2) is 13.1 Å². The second-order valence-corrected chi connectivity index (χ2v) is 5.03. The molecule has 0 aromatic heterocycles. The van der Waals surface area contributed by atoms with Crippen LogP contribution < -0.4 is 11.5 Å². The number of unbranched alkanes of at least 4 members (excludes halogenated alkanes) is 4. The fourth-order valence-electron chi connectivity index (χ4n) is 2.47. The molecular formula is C13H28N2. The van der Waals surface area contributed by atoms with E-state index in [-0.39, 0.29) is 0 Å². The monoisotopic (exact) mass is 212 g/mol.